The molecule has 1 unspecified atom stereocenters. The van der Waals surface area contributed by atoms with Crippen LogP contribution in [-0.2, 0) is 6.42 Å². The van der Waals surface area contributed by atoms with Gasteiger partial charge in [0.2, 0.25) is 5.95 Å². The molecule has 72 valence electrons. The number of anilines is 2. The summed E-state index contributed by atoms with van der Waals surface area (Å²) >= 11 is 0. The molecule has 1 aromatic rings. The van der Waals surface area contributed by atoms with Crippen LogP contribution < -0.4 is 11.5 Å². The van der Waals surface area contributed by atoms with Crippen molar-refractivity contribution in [3.8, 4) is 12.3 Å². The molecular formula is C10H12N4. The molecule has 4 heteroatoms. The van der Waals surface area contributed by atoms with Crippen molar-refractivity contribution in [1.82, 2.24) is 9.97 Å². The molecule has 1 atom stereocenters. The van der Waals surface area contributed by atoms with Crippen LogP contribution in [0.1, 0.15) is 30.0 Å². The van der Waals surface area contributed by atoms with E-state index in [1.165, 1.54) is 0 Å². The zero-order valence-corrected chi connectivity index (χ0v) is 7.83. The van der Waals surface area contributed by atoms with Crippen molar-refractivity contribution in [2.45, 2.75) is 25.2 Å². The maximum atomic E-state index is 5.78. The lowest BCUT2D eigenvalue weighted by molar-refractivity contribution is 0.626. The van der Waals surface area contributed by atoms with Gasteiger partial charge in [-0.2, -0.15) is 4.98 Å². The third-order valence-corrected chi connectivity index (χ3v) is 2.53. The molecular weight excluding hydrogens is 176 g/mol. The monoisotopic (exact) mass is 188 g/mol. The number of nitrogens with zero attached hydrogens (tertiary/aromatic N) is 2. The molecule has 0 aromatic carbocycles. The zero-order chi connectivity index (χ0) is 10.1. The van der Waals surface area contributed by atoms with E-state index >= 15 is 0 Å². The van der Waals surface area contributed by atoms with E-state index in [2.05, 4.69) is 15.9 Å². The Hall–Kier alpha value is -1.76. The normalized spacial score (nSPS) is 19.8. The first kappa shape index (κ1) is 8.82. The summed E-state index contributed by atoms with van der Waals surface area (Å²) in [5, 5.41) is 0. The molecule has 4 N–H and O–H groups in total. The molecule has 4 nitrogen and oxygen atoms in total. The van der Waals surface area contributed by atoms with Crippen LogP contribution in [0.15, 0.2) is 0 Å². The summed E-state index contributed by atoms with van der Waals surface area (Å²) in [6, 6.07) is 0. The standard InChI is InChI=1S/C10H12N4/c1-2-6-4-3-5-7-8(6)9(11)14-10(12)13-7/h1,6H,3-5H2,(H4,11,12,13,14). The number of aromatic nitrogens is 2. The fraction of sp³-hybridized carbons (Fsp3) is 0.400. The molecule has 0 radical (unpaired) electrons. The van der Waals surface area contributed by atoms with Crippen LogP contribution >= 0.6 is 0 Å². The first-order valence-electron chi connectivity index (χ1n) is 4.60. The van der Waals surface area contributed by atoms with Gasteiger partial charge in [0.15, 0.2) is 0 Å². The lowest BCUT2D eigenvalue weighted by atomic mass is 9.86. The van der Waals surface area contributed by atoms with E-state index in [1.54, 1.807) is 0 Å². The number of hydrogen-bond donors (Lipinski definition) is 2. The molecule has 0 fully saturated rings. The highest BCUT2D eigenvalue weighted by Gasteiger charge is 2.23. The summed E-state index contributed by atoms with van der Waals surface area (Å²) in [6.45, 7) is 0. The third kappa shape index (κ3) is 1.27. The van der Waals surface area contributed by atoms with Gasteiger partial charge in [-0.1, -0.05) is 5.92 Å². The van der Waals surface area contributed by atoms with Crippen LogP contribution in [0, 0.1) is 12.3 Å². The van der Waals surface area contributed by atoms with Crippen LogP contribution in [0.2, 0.25) is 0 Å². The lowest BCUT2D eigenvalue weighted by Gasteiger charge is -2.21. The van der Waals surface area contributed by atoms with E-state index in [4.69, 9.17) is 17.9 Å². The molecule has 1 heterocycles. The average molecular weight is 188 g/mol. The minimum Gasteiger partial charge on any atom is -0.383 e. The van der Waals surface area contributed by atoms with Crippen molar-refractivity contribution >= 4 is 11.8 Å². The van der Waals surface area contributed by atoms with Crippen molar-refractivity contribution in [2.75, 3.05) is 11.5 Å². The summed E-state index contributed by atoms with van der Waals surface area (Å²) in [4.78, 5) is 8.10. The number of aryl methyl sites for hydroxylation is 1. The van der Waals surface area contributed by atoms with E-state index in [0.717, 1.165) is 30.5 Å². The van der Waals surface area contributed by atoms with Crippen LogP contribution in [-0.4, -0.2) is 9.97 Å². The largest absolute Gasteiger partial charge is 0.383 e. The van der Waals surface area contributed by atoms with Gasteiger partial charge < -0.3 is 11.5 Å². The van der Waals surface area contributed by atoms with Gasteiger partial charge in [0.05, 0.1) is 11.6 Å². The highest BCUT2D eigenvalue weighted by molar-refractivity contribution is 5.51. The minimum absolute atomic E-state index is 0.0550. The van der Waals surface area contributed by atoms with E-state index in [9.17, 15) is 0 Å². The Kier molecular flexibility index (Phi) is 2.01. The second-order valence-corrected chi connectivity index (χ2v) is 3.44. The van der Waals surface area contributed by atoms with E-state index in [1.807, 2.05) is 0 Å². The van der Waals surface area contributed by atoms with Gasteiger partial charge in [-0.15, -0.1) is 6.42 Å². The Morgan fingerprint density at radius 2 is 2.14 bits per heavy atom. The van der Waals surface area contributed by atoms with E-state index in [-0.39, 0.29) is 11.9 Å². The smallest absolute Gasteiger partial charge is 0.222 e. The van der Waals surface area contributed by atoms with Crippen LogP contribution in [0.5, 0.6) is 0 Å². The number of rotatable bonds is 0. The topological polar surface area (TPSA) is 77.8 Å². The summed E-state index contributed by atoms with van der Waals surface area (Å²) in [6.07, 6.45) is 8.32. The highest BCUT2D eigenvalue weighted by atomic mass is 15.0. The molecule has 1 aromatic heterocycles. The quantitative estimate of drug-likeness (QED) is 0.587. The van der Waals surface area contributed by atoms with Gasteiger partial charge in [0.25, 0.3) is 0 Å². The van der Waals surface area contributed by atoms with Gasteiger partial charge >= 0.3 is 0 Å². The predicted octanol–water partition coefficient (Wildman–Crippen LogP) is 0.694. The van der Waals surface area contributed by atoms with Crippen molar-refractivity contribution in [1.29, 1.82) is 0 Å². The summed E-state index contributed by atoms with van der Waals surface area (Å²) in [7, 11) is 0. The highest BCUT2D eigenvalue weighted by Crippen LogP contribution is 2.33. The number of hydrogen-bond acceptors (Lipinski definition) is 4. The number of terminal acetylenes is 1. The molecule has 1 aliphatic carbocycles. The Balaban J connectivity index is 2.58. The van der Waals surface area contributed by atoms with Crippen molar-refractivity contribution in [3.05, 3.63) is 11.3 Å². The molecule has 0 saturated heterocycles. The Labute approximate surface area is 82.7 Å². The van der Waals surface area contributed by atoms with E-state index in [0.29, 0.717) is 5.82 Å². The summed E-state index contributed by atoms with van der Waals surface area (Å²) < 4.78 is 0. The predicted molar refractivity (Wildman–Crippen MR) is 55.4 cm³/mol. The van der Waals surface area contributed by atoms with Gasteiger partial charge in [-0.25, -0.2) is 4.98 Å². The number of fused-ring (bicyclic) bond motifs is 1. The molecule has 0 bridgehead atoms. The molecule has 0 spiro atoms. The van der Waals surface area contributed by atoms with Crippen LogP contribution in [0.25, 0.3) is 0 Å². The zero-order valence-electron chi connectivity index (χ0n) is 7.83. The number of nitrogens with two attached hydrogens (primary N) is 2. The van der Waals surface area contributed by atoms with Crippen LogP contribution in [0.4, 0.5) is 11.8 Å². The first-order chi connectivity index (χ1) is 6.72. The maximum absolute atomic E-state index is 5.78. The molecule has 14 heavy (non-hydrogen) atoms. The second kappa shape index (κ2) is 3.18. The van der Waals surface area contributed by atoms with Gasteiger partial charge in [-0.05, 0) is 19.3 Å². The fourth-order valence-corrected chi connectivity index (χ4v) is 1.91. The maximum Gasteiger partial charge on any atom is 0.222 e. The fourth-order valence-electron chi connectivity index (χ4n) is 1.91. The van der Waals surface area contributed by atoms with E-state index < -0.39 is 0 Å². The Morgan fingerprint density at radius 1 is 1.36 bits per heavy atom. The lowest BCUT2D eigenvalue weighted by Crippen LogP contribution is -2.16. The minimum atomic E-state index is 0.0550. The summed E-state index contributed by atoms with van der Waals surface area (Å²) in [5.74, 6) is 3.45. The SMILES string of the molecule is C#CC1CCCc2nc(N)nc(N)c21. The second-order valence-electron chi connectivity index (χ2n) is 3.44. The first-order valence-corrected chi connectivity index (χ1v) is 4.60. The third-order valence-electron chi connectivity index (χ3n) is 2.53. The average Bonchev–Trinajstić information content (AvgIpc) is 2.16. The van der Waals surface area contributed by atoms with Gasteiger partial charge in [0, 0.05) is 5.56 Å². The Bertz CT molecular complexity index is 405. The van der Waals surface area contributed by atoms with Crippen molar-refractivity contribution in [3.63, 3.8) is 0 Å². The summed E-state index contributed by atoms with van der Waals surface area (Å²) in [5.41, 5.74) is 13.1. The molecule has 2 rings (SSSR count). The number of nitrogen functional groups attached to an aromatic ring is 2. The molecule has 1 aliphatic rings. The Morgan fingerprint density at radius 3 is 2.86 bits per heavy atom. The molecule has 0 saturated carbocycles. The van der Waals surface area contributed by atoms with Crippen molar-refractivity contribution < 1.29 is 0 Å². The van der Waals surface area contributed by atoms with Crippen LogP contribution in [0.3, 0.4) is 0 Å². The molecule has 0 amide bonds. The molecule has 0 aliphatic heterocycles. The van der Waals surface area contributed by atoms with Gasteiger partial charge in [-0.3, -0.25) is 0 Å². The van der Waals surface area contributed by atoms with Gasteiger partial charge in [0.1, 0.15) is 5.82 Å². The van der Waals surface area contributed by atoms with Crippen molar-refractivity contribution in [2.24, 2.45) is 0 Å².